The maximum Gasteiger partial charge on any atom is 0.223 e. The van der Waals surface area contributed by atoms with Crippen molar-refractivity contribution in [3.05, 3.63) is 101 Å². The molecule has 0 saturated carbocycles. The molecule has 1 N–H and O–H groups in total. The average molecular weight is 436 g/mol. The van der Waals surface area contributed by atoms with Crippen LogP contribution in [0.25, 0.3) is 6.08 Å². The highest BCUT2D eigenvalue weighted by molar-refractivity contribution is 5.81. The van der Waals surface area contributed by atoms with Crippen molar-refractivity contribution in [1.29, 1.82) is 5.26 Å². The SMILES string of the molecule is CC1(Nc2ccccc2)Oc2ccc(C#N)cc2C=C1C1CCC(=O)N1Cc1ccccc1. The Balaban J connectivity index is 1.57. The summed E-state index contributed by atoms with van der Waals surface area (Å²) in [6, 6.07) is 27.5. The van der Waals surface area contributed by atoms with E-state index in [9.17, 15) is 10.1 Å². The smallest absolute Gasteiger partial charge is 0.223 e. The van der Waals surface area contributed by atoms with E-state index in [0.717, 1.165) is 28.8 Å². The lowest BCUT2D eigenvalue weighted by molar-refractivity contribution is -0.129. The number of para-hydroxylation sites is 1. The van der Waals surface area contributed by atoms with Crippen LogP contribution in [0.4, 0.5) is 5.69 Å². The third-order valence-corrected chi connectivity index (χ3v) is 6.35. The van der Waals surface area contributed by atoms with Crippen LogP contribution in [0.3, 0.4) is 0 Å². The molecule has 164 valence electrons. The highest BCUT2D eigenvalue weighted by Gasteiger charge is 2.44. The van der Waals surface area contributed by atoms with Gasteiger partial charge in [-0.1, -0.05) is 48.5 Å². The van der Waals surface area contributed by atoms with E-state index >= 15 is 0 Å². The van der Waals surface area contributed by atoms with Crippen molar-refractivity contribution in [3.8, 4) is 11.8 Å². The largest absolute Gasteiger partial charge is 0.464 e. The number of benzene rings is 3. The van der Waals surface area contributed by atoms with Crippen molar-refractivity contribution in [3.63, 3.8) is 0 Å². The monoisotopic (exact) mass is 435 g/mol. The van der Waals surface area contributed by atoms with Gasteiger partial charge in [0.2, 0.25) is 11.6 Å². The van der Waals surface area contributed by atoms with E-state index in [1.807, 2.05) is 84.6 Å². The molecule has 2 unspecified atom stereocenters. The normalized spacial score (nSPS) is 21.6. The van der Waals surface area contributed by atoms with E-state index in [1.165, 1.54) is 0 Å². The maximum atomic E-state index is 12.9. The number of ether oxygens (including phenoxy) is 1. The Morgan fingerprint density at radius 3 is 2.55 bits per heavy atom. The molecule has 5 rings (SSSR count). The van der Waals surface area contributed by atoms with E-state index in [4.69, 9.17) is 4.74 Å². The van der Waals surface area contributed by atoms with Crippen molar-refractivity contribution in [2.24, 2.45) is 0 Å². The number of amides is 1. The van der Waals surface area contributed by atoms with Gasteiger partial charge in [0.25, 0.3) is 0 Å². The summed E-state index contributed by atoms with van der Waals surface area (Å²) in [5.74, 6) is 0.853. The summed E-state index contributed by atoms with van der Waals surface area (Å²) in [4.78, 5) is 14.9. The van der Waals surface area contributed by atoms with Crippen molar-refractivity contribution in [2.75, 3.05) is 5.32 Å². The molecular weight excluding hydrogens is 410 g/mol. The van der Waals surface area contributed by atoms with Gasteiger partial charge >= 0.3 is 0 Å². The molecule has 33 heavy (non-hydrogen) atoms. The second kappa shape index (κ2) is 8.48. The molecule has 5 nitrogen and oxygen atoms in total. The highest BCUT2D eigenvalue weighted by atomic mass is 16.5. The lowest BCUT2D eigenvalue weighted by Gasteiger charge is -2.42. The predicted molar refractivity (Wildman–Crippen MR) is 128 cm³/mol. The maximum absolute atomic E-state index is 12.9. The van der Waals surface area contributed by atoms with E-state index in [1.54, 1.807) is 6.07 Å². The van der Waals surface area contributed by atoms with Crippen LogP contribution in [0.2, 0.25) is 0 Å². The molecule has 1 fully saturated rings. The number of carbonyl (C=O) groups is 1. The van der Waals surface area contributed by atoms with Crippen molar-refractivity contribution in [1.82, 2.24) is 4.90 Å². The Labute approximate surface area is 193 Å². The van der Waals surface area contributed by atoms with Gasteiger partial charge in [0.05, 0.1) is 17.7 Å². The molecule has 0 radical (unpaired) electrons. The minimum atomic E-state index is -0.854. The van der Waals surface area contributed by atoms with Crippen molar-refractivity contribution >= 4 is 17.7 Å². The van der Waals surface area contributed by atoms with Gasteiger partial charge in [-0.3, -0.25) is 4.79 Å². The zero-order valence-electron chi connectivity index (χ0n) is 18.5. The molecule has 3 aromatic carbocycles. The van der Waals surface area contributed by atoms with Gasteiger partial charge < -0.3 is 15.0 Å². The molecule has 3 aromatic rings. The molecule has 2 atom stereocenters. The van der Waals surface area contributed by atoms with Gasteiger partial charge in [-0.05, 0) is 55.3 Å². The second-order valence-corrected chi connectivity index (χ2v) is 8.65. The summed E-state index contributed by atoms with van der Waals surface area (Å²) >= 11 is 0. The first-order chi connectivity index (χ1) is 16.1. The van der Waals surface area contributed by atoms with E-state index in [-0.39, 0.29) is 11.9 Å². The molecule has 0 bridgehead atoms. The van der Waals surface area contributed by atoms with Crippen LogP contribution in [0, 0.1) is 11.3 Å². The first kappa shape index (κ1) is 20.8. The van der Waals surface area contributed by atoms with Crippen LogP contribution >= 0.6 is 0 Å². The van der Waals surface area contributed by atoms with E-state index in [0.29, 0.717) is 24.3 Å². The quantitative estimate of drug-likeness (QED) is 0.586. The minimum Gasteiger partial charge on any atom is -0.464 e. The molecule has 2 aliphatic rings. The van der Waals surface area contributed by atoms with Crippen LogP contribution in [0.5, 0.6) is 5.75 Å². The average Bonchev–Trinajstić information content (AvgIpc) is 3.19. The molecule has 5 heteroatoms. The minimum absolute atomic E-state index is 0.113. The summed E-state index contributed by atoms with van der Waals surface area (Å²) < 4.78 is 6.55. The zero-order chi connectivity index (χ0) is 22.8. The van der Waals surface area contributed by atoms with Crippen LogP contribution in [0.1, 0.15) is 36.5 Å². The fourth-order valence-electron chi connectivity index (χ4n) is 4.75. The Bertz CT molecular complexity index is 1250. The standard InChI is InChI=1S/C28H25N3O2/c1-28(30-23-10-6-3-7-11-23)24(17-22-16-21(18-29)12-14-26(22)33-28)25-13-15-27(32)31(25)19-20-8-4-2-5-9-20/h2-12,14,16-17,25,30H,13,15,19H2,1H3. The van der Waals surface area contributed by atoms with Crippen LogP contribution in [0.15, 0.2) is 84.4 Å². The van der Waals surface area contributed by atoms with E-state index < -0.39 is 5.72 Å². The number of hydrogen-bond acceptors (Lipinski definition) is 4. The van der Waals surface area contributed by atoms with Crippen molar-refractivity contribution in [2.45, 2.75) is 38.1 Å². The number of hydrogen-bond donors (Lipinski definition) is 1. The summed E-state index contributed by atoms with van der Waals surface area (Å²) in [5.41, 5.74) is 3.59. The first-order valence-electron chi connectivity index (χ1n) is 11.2. The van der Waals surface area contributed by atoms with Gasteiger partial charge in [-0.15, -0.1) is 0 Å². The third kappa shape index (κ3) is 4.08. The fourth-order valence-corrected chi connectivity index (χ4v) is 4.75. The zero-order valence-corrected chi connectivity index (χ0v) is 18.5. The summed E-state index contributed by atoms with van der Waals surface area (Å²) in [7, 11) is 0. The molecule has 0 spiro atoms. The molecule has 1 amide bonds. The summed E-state index contributed by atoms with van der Waals surface area (Å²) in [6.07, 6.45) is 3.32. The van der Waals surface area contributed by atoms with Crippen LogP contribution in [-0.4, -0.2) is 22.6 Å². The molecule has 0 aliphatic carbocycles. The second-order valence-electron chi connectivity index (χ2n) is 8.65. The topological polar surface area (TPSA) is 65.4 Å². The fraction of sp³-hybridized carbons (Fsp3) is 0.214. The van der Waals surface area contributed by atoms with Crippen molar-refractivity contribution < 1.29 is 9.53 Å². The Kier molecular flexibility index (Phi) is 5.35. The number of rotatable bonds is 5. The van der Waals surface area contributed by atoms with Gasteiger partial charge in [-0.2, -0.15) is 5.26 Å². The molecule has 1 saturated heterocycles. The molecule has 2 heterocycles. The number of fused-ring (bicyclic) bond motifs is 1. The number of carbonyl (C=O) groups excluding carboxylic acids is 1. The van der Waals surface area contributed by atoms with Crippen LogP contribution < -0.4 is 10.1 Å². The first-order valence-corrected chi connectivity index (χ1v) is 11.2. The lowest BCUT2D eigenvalue weighted by Crippen LogP contribution is -2.51. The van der Waals surface area contributed by atoms with E-state index in [2.05, 4.69) is 17.5 Å². The predicted octanol–water partition coefficient (Wildman–Crippen LogP) is 5.35. The number of nitrogens with one attached hydrogen (secondary N) is 1. The number of nitrogens with zero attached hydrogens (tertiary/aromatic N) is 2. The van der Waals surface area contributed by atoms with Gasteiger partial charge in [0.15, 0.2) is 0 Å². The van der Waals surface area contributed by atoms with Gasteiger partial charge in [-0.25, -0.2) is 0 Å². The Hall–Kier alpha value is -4.04. The molecule has 2 aliphatic heterocycles. The van der Waals surface area contributed by atoms with Gasteiger partial charge in [0, 0.05) is 29.8 Å². The Morgan fingerprint density at radius 1 is 1.09 bits per heavy atom. The lowest BCUT2D eigenvalue weighted by atomic mass is 9.89. The third-order valence-electron chi connectivity index (χ3n) is 6.35. The van der Waals surface area contributed by atoms with Gasteiger partial charge in [0.1, 0.15) is 5.75 Å². The Morgan fingerprint density at radius 2 is 1.82 bits per heavy atom. The molecular formula is C28H25N3O2. The number of anilines is 1. The molecule has 0 aromatic heterocycles. The summed E-state index contributed by atoms with van der Waals surface area (Å²) in [5, 5.41) is 12.9. The number of nitriles is 1. The number of likely N-dealkylation sites (tertiary alicyclic amines) is 1. The highest BCUT2D eigenvalue weighted by Crippen LogP contribution is 2.42. The van der Waals surface area contributed by atoms with Crippen LogP contribution in [-0.2, 0) is 11.3 Å². The summed E-state index contributed by atoms with van der Waals surface area (Å²) in [6.45, 7) is 2.56.